The van der Waals surface area contributed by atoms with E-state index in [9.17, 15) is 23.1 Å². The summed E-state index contributed by atoms with van der Waals surface area (Å²) in [6.07, 6.45) is 6.82. The number of carboxylic acids is 1. The minimum Gasteiger partial charge on any atom is -0.480 e. The van der Waals surface area contributed by atoms with Gasteiger partial charge in [-0.05, 0) is 94.0 Å². The number of nitrogens with one attached hydrogen (secondary N) is 3. The molecule has 1 saturated carbocycles. The van der Waals surface area contributed by atoms with Crippen LogP contribution in [0.15, 0.2) is 24.3 Å². The molecule has 4 N–H and O–H groups in total. The van der Waals surface area contributed by atoms with Crippen LogP contribution in [0.3, 0.4) is 0 Å². The number of rotatable bonds is 11. The average Bonchev–Trinajstić information content (AvgIpc) is 2.84. The first kappa shape index (κ1) is 29.5. The summed E-state index contributed by atoms with van der Waals surface area (Å²) in [6, 6.07) is 6.89. The molecule has 8 nitrogen and oxygen atoms in total. The lowest BCUT2D eigenvalue weighted by Crippen LogP contribution is -2.44. The average molecular weight is 530 g/mol. The molecule has 1 aromatic rings. The number of halogens is 1. The van der Waals surface area contributed by atoms with Gasteiger partial charge in [-0.1, -0.05) is 25.5 Å². The summed E-state index contributed by atoms with van der Waals surface area (Å²) in [5.74, 6) is -0.590. The van der Waals surface area contributed by atoms with Crippen molar-refractivity contribution in [3.05, 3.63) is 35.4 Å². The fourth-order valence-electron chi connectivity index (χ4n) is 5.02. The lowest BCUT2D eigenvalue weighted by Gasteiger charge is -2.30. The van der Waals surface area contributed by atoms with Crippen molar-refractivity contribution in [3.8, 4) is 0 Å². The van der Waals surface area contributed by atoms with Gasteiger partial charge in [0.15, 0.2) is 0 Å². The monoisotopic (exact) mass is 529 g/mol. The Morgan fingerprint density at radius 2 is 1.69 bits per heavy atom. The first-order valence-corrected chi connectivity index (χ1v) is 14.3. The smallest absolute Gasteiger partial charge is 0.321 e. The van der Waals surface area contributed by atoms with Crippen LogP contribution in [0.25, 0.3) is 0 Å². The molecule has 1 atom stereocenters. The Labute approximate surface area is 215 Å². The maximum Gasteiger partial charge on any atom is 0.321 e. The number of aliphatic carboxylic acids is 1. The SMILES string of the molecule is CCCCS(=O)(=O)NC(CC1CCC(NC(=O)c2ccc(C3CCNCC3)cc2)CC1)C(=O)O.Cl. The number of carbonyl (C=O) groups is 2. The third kappa shape index (κ3) is 9.37. The lowest BCUT2D eigenvalue weighted by molar-refractivity contribution is -0.139. The molecule has 1 unspecified atom stereocenters. The summed E-state index contributed by atoms with van der Waals surface area (Å²) in [7, 11) is -3.60. The van der Waals surface area contributed by atoms with Crippen LogP contribution in [-0.4, -0.2) is 56.3 Å². The van der Waals surface area contributed by atoms with Gasteiger partial charge in [-0.15, -0.1) is 12.4 Å². The number of sulfonamides is 1. The summed E-state index contributed by atoms with van der Waals surface area (Å²) in [4.78, 5) is 24.3. The van der Waals surface area contributed by atoms with E-state index in [4.69, 9.17) is 0 Å². The molecule has 0 aromatic heterocycles. The van der Waals surface area contributed by atoms with Crippen molar-refractivity contribution in [3.63, 3.8) is 0 Å². The second kappa shape index (κ2) is 14.2. The molecule has 35 heavy (non-hydrogen) atoms. The third-order valence-corrected chi connectivity index (χ3v) is 8.59. The highest BCUT2D eigenvalue weighted by Gasteiger charge is 2.30. The number of benzene rings is 1. The zero-order valence-electron chi connectivity index (χ0n) is 20.5. The highest BCUT2D eigenvalue weighted by atomic mass is 35.5. The van der Waals surface area contributed by atoms with Gasteiger partial charge in [0.25, 0.3) is 5.91 Å². The van der Waals surface area contributed by atoms with Crippen molar-refractivity contribution in [1.82, 2.24) is 15.4 Å². The molecule has 1 heterocycles. The Bertz CT molecular complexity index is 912. The van der Waals surface area contributed by atoms with Crippen molar-refractivity contribution in [2.75, 3.05) is 18.8 Å². The Kier molecular flexibility index (Phi) is 12.0. The minimum atomic E-state index is -3.60. The van der Waals surface area contributed by atoms with E-state index in [1.54, 1.807) is 0 Å². The number of hydrogen-bond acceptors (Lipinski definition) is 5. The number of carboxylic acid groups (broad SMARTS) is 1. The van der Waals surface area contributed by atoms with E-state index in [0.29, 0.717) is 17.9 Å². The standard InChI is InChI=1S/C25H39N3O5S.ClH/c1-2-3-16-34(32,33)28-23(25(30)31)17-18-4-10-22(11-5-18)27-24(29)21-8-6-19(7-9-21)20-12-14-26-15-13-20;/h6-9,18,20,22-23,26,28H,2-5,10-17H2,1H3,(H,27,29)(H,30,31);1H. The molecule has 3 rings (SSSR count). The number of carbonyl (C=O) groups excluding carboxylic acids is 1. The van der Waals surface area contributed by atoms with Gasteiger partial charge in [0.1, 0.15) is 6.04 Å². The molecule has 2 aliphatic rings. The van der Waals surface area contributed by atoms with Crippen LogP contribution in [0, 0.1) is 5.92 Å². The number of piperidine rings is 1. The van der Waals surface area contributed by atoms with E-state index in [-0.39, 0.29) is 42.4 Å². The predicted molar refractivity (Wildman–Crippen MR) is 140 cm³/mol. The van der Waals surface area contributed by atoms with Gasteiger partial charge in [0, 0.05) is 11.6 Å². The highest BCUT2D eigenvalue weighted by molar-refractivity contribution is 7.89. The molecule has 1 saturated heterocycles. The molecule has 0 spiro atoms. The summed E-state index contributed by atoms with van der Waals surface area (Å²) < 4.78 is 26.6. The van der Waals surface area contributed by atoms with Crippen molar-refractivity contribution in [2.45, 2.75) is 82.7 Å². The Hall–Kier alpha value is -1.68. The summed E-state index contributed by atoms with van der Waals surface area (Å²) >= 11 is 0. The fraction of sp³-hybridized carbons (Fsp3) is 0.680. The van der Waals surface area contributed by atoms with Crippen LogP contribution in [0.1, 0.15) is 86.6 Å². The lowest BCUT2D eigenvalue weighted by atomic mass is 9.82. The predicted octanol–water partition coefficient (Wildman–Crippen LogP) is 3.43. The zero-order valence-corrected chi connectivity index (χ0v) is 22.1. The molecule has 0 radical (unpaired) electrons. The van der Waals surface area contributed by atoms with E-state index in [1.165, 1.54) is 5.56 Å². The molecule has 1 aromatic carbocycles. The first-order valence-electron chi connectivity index (χ1n) is 12.6. The fourth-order valence-corrected chi connectivity index (χ4v) is 6.43. The van der Waals surface area contributed by atoms with Crippen LogP contribution < -0.4 is 15.4 Å². The molecule has 2 fully saturated rings. The normalized spacial score (nSPS) is 22.1. The first-order chi connectivity index (χ1) is 16.3. The van der Waals surface area contributed by atoms with Gasteiger partial charge in [-0.2, -0.15) is 0 Å². The van der Waals surface area contributed by atoms with Crippen LogP contribution in [0.2, 0.25) is 0 Å². The summed E-state index contributed by atoms with van der Waals surface area (Å²) in [5.41, 5.74) is 1.95. The quantitative estimate of drug-likeness (QED) is 0.348. The maximum absolute atomic E-state index is 12.7. The summed E-state index contributed by atoms with van der Waals surface area (Å²) in [6.45, 7) is 3.97. The third-order valence-electron chi connectivity index (χ3n) is 7.12. The highest BCUT2D eigenvalue weighted by Crippen LogP contribution is 2.29. The molecular weight excluding hydrogens is 490 g/mol. The Morgan fingerprint density at radius 1 is 1.06 bits per heavy atom. The van der Waals surface area contributed by atoms with E-state index >= 15 is 0 Å². The number of unbranched alkanes of at least 4 members (excludes halogenated alkanes) is 1. The van der Waals surface area contributed by atoms with Gasteiger partial charge in [-0.3, -0.25) is 9.59 Å². The minimum absolute atomic E-state index is 0. The molecular formula is C25H40ClN3O5S. The van der Waals surface area contributed by atoms with Crippen molar-refractivity contribution in [1.29, 1.82) is 0 Å². The van der Waals surface area contributed by atoms with Crippen molar-refractivity contribution < 1.29 is 23.1 Å². The van der Waals surface area contributed by atoms with Crippen LogP contribution in [0.4, 0.5) is 0 Å². The van der Waals surface area contributed by atoms with Crippen molar-refractivity contribution in [2.24, 2.45) is 5.92 Å². The van der Waals surface area contributed by atoms with Gasteiger partial charge < -0.3 is 15.7 Å². The molecule has 198 valence electrons. The molecule has 0 bridgehead atoms. The van der Waals surface area contributed by atoms with E-state index in [1.807, 2.05) is 19.1 Å². The number of hydrogen-bond donors (Lipinski definition) is 4. The zero-order chi connectivity index (χ0) is 24.6. The number of amides is 1. The van der Waals surface area contributed by atoms with Crippen LogP contribution in [-0.2, 0) is 14.8 Å². The second-order valence-electron chi connectivity index (χ2n) is 9.75. The van der Waals surface area contributed by atoms with E-state index in [0.717, 1.165) is 58.0 Å². The van der Waals surface area contributed by atoms with Gasteiger partial charge >= 0.3 is 5.97 Å². The van der Waals surface area contributed by atoms with Crippen molar-refractivity contribution >= 4 is 34.3 Å². The molecule has 1 amide bonds. The van der Waals surface area contributed by atoms with Gasteiger partial charge in [0.05, 0.1) is 5.75 Å². The summed E-state index contributed by atoms with van der Waals surface area (Å²) in [5, 5.41) is 16.0. The van der Waals surface area contributed by atoms with E-state index < -0.39 is 22.0 Å². The van der Waals surface area contributed by atoms with Crippen LogP contribution in [0.5, 0.6) is 0 Å². The second-order valence-corrected chi connectivity index (χ2v) is 11.6. The molecule has 10 heteroatoms. The topological polar surface area (TPSA) is 125 Å². The Morgan fingerprint density at radius 3 is 2.26 bits per heavy atom. The largest absolute Gasteiger partial charge is 0.480 e. The molecule has 1 aliphatic heterocycles. The van der Waals surface area contributed by atoms with Crippen LogP contribution >= 0.6 is 12.4 Å². The Balaban J connectivity index is 0.00000432. The molecule has 1 aliphatic carbocycles. The maximum atomic E-state index is 12.7. The van der Waals surface area contributed by atoms with Gasteiger partial charge in [-0.25, -0.2) is 13.1 Å². The van der Waals surface area contributed by atoms with E-state index in [2.05, 4.69) is 27.5 Å². The van der Waals surface area contributed by atoms with Gasteiger partial charge in [0.2, 0.25) is 10.0 Å².